The Bertz CT molecular complexity index is 1130. The van der Waals surface area contributed by atoms with E-state index >= 15 is 0 Å². The van der Waals surface area contributed by atoms with E-state index in [9.17, 15) is 31.9 Å². The third-order valence-electron chi connectivity index (χ3n) is 4.93. The highest BCUT2D eigenvalue weighted by molar-refractivity contribution is 5.84. The molecular weight excluding hydrogens is 449 g/mol. The third-order valence-corrected chi connectivity index (χ3v) is 4.93. The maximum Gasteiger partial charge on any atom is 0.416 e. The Morgan fingerprint density at radius 1 is 1.18 bits per heavy atom. The number of hydrogen-bond donors (Lipinski definition) is 2. The van der Waals surface area contributed by atoms with Gasteiger partial charge in [0.25, 0.3) is 0 Å². The molecule has 2 N–H and O–H groups in total. The monoisotopic (exact) mass is 471 g/mol. The van der Waals surface area contributed by atoms with E-state index in [0.717, 1.165) is 24.3 Å². The zero-order chi connectivity index (χ0) is 24.3. The zero-order valence-corrected chi connectivity index (χ0v) is 17.7. The van der Waals surface area contributed by atoms with Crippen LogP contribution in [0.3, 0.4) is 0 Å². The molecular formula is C22H22F5N3O3. The predicted octanol–water partition coefficient (Wildman–Crippen LogP) is 4.09. The number of fused-ring (bicyclic) bond motifs is 1. The number of aliphatic hydroxyl groups is 1. The average molecular weight is 471 g/mol. The second-order valence-corrected chi connectivity index (χ2v) is 7.83. The van der Waals surface area contributed by atoms with E-state index in [1.54, 1.807) is 13.8 Å². The highest BCUT2D eigenvalue weighted by atomic mass is 19.4. The number of aromatic nitrogens is 2. The summed E-state index contributed by atoms with van der Waals surface area (Å²) < 4.78 is 72.1. The summed E-state index contributed by atoms with van der Waals surface area (Å²) in [6.07, 6.45) is -4.42. The highest BCUT2D eigenvalue weighted by Crippen LogP contribution is 2.31. The average Bonchev–Trinajstić information content (AvgIpc) is 3.12. The lowest BCUT2D eigenvalue weighted by Gasteiger charge is -2.23. The summed E-state index contributed by atoms with van der Waals surface area (Å²) >= 11 is 0. The Morgan fingerprint density at radius 2 is 1.88 bits per heavy atom. The molecule has 2 aromatic carbocycles. The number of carbonyl (C=O) groups excluding carboxylic acids is 1. The van der Waals surface area contributed by atoms with E-state index in [1.807, 2.05) is 0 Å². The van der Waals surface area contributed by atoms with Crippen molar-refractivity contribution in [1.29, 1.82) is 0 Å². The van der Waals surface area contributed by atoms with E-state index in [2.05, 4.69) is 10.3 Å². The molecule has 178 valence electrons. The number of nitrogens with one attached hydrogen (secondary N) is 1. The number of alkyl halides is 3. The van der Waals surface area contributed by atoms with Crippen molar-refractivity contribution in [3.05, 3.63) is 59.9 Å². The number of ether oxygens (including phenoxy) is 1. The van der Waals surface area contributed by atoms with Gasteiger partial charge in [0.15, 0.2) is 11.6 Å². The molecule has 0 saturated carbocycles. The molecule has 3 aromatic rings. The summed E-state index contributed by atoms with van der Waals surface area (Å²) in [4.78, 5) is 16.8. The largest absolute Gasteiger partial charge is 0.491 e. The number of amides is 1. The number of hydrogen-bond acceptors (Lipinski definition) is 4. The molecule has 1 aromatic heterocycles. The number of aliphatic hydroxyl groups excluding tert-OH is 1. The van der Waals surface area contributed by atoms with E-state index in [4.69, 9.17) is 4.74 Å². The first-order chi connectivity index (χ1) is 15.5. The summed E-state index contributed by atoms with van der Waals surface area (Å²) in [6, 6.07) is 5.27. The molecule has 0 spiro atoms. The van der Waals surface area contributed by atoms with Crippen LogP contribution in [0.1, 0.15) is 25.5 Å². The van der Waals surface area contributed by atoms with Gasteiger partial charge in [0, 0.05) is 18.7 Å². The molecule has 1 heterocycles. The van der Waals surface area contributed by atoms with E-state index in [1.165, 1.54) is 23.0 Å². The van der Waals surface area contributed by atoms with Gasteiger partial charge in [0.1, 0.15) is 24.5 Å². The summed E-state index contributed by atoms with van der Waals surface area (Å²) in [5.74, 6) is -2.98. The Hall–Kier alpha value is -3.21. The quantitative estimate of drug-likeness (QED) is 0.486. The Kier molecular flexibility index (Phi) is 7.21. The van der Waals surface area contributed by atoms with Gasteiger partial charge in [-0.05, 0) is 24.1 Å². The topological polar surface area (TPSA) is 76.4 Å². The molecule has 11 heteroatoms. The Balaban J connectivity index is 1.63. The fraction of sp³-hybridized carbons (Fsp3) is 0.364. The molecule has 0 aliphatic rings. The minimum absolute atomic E-state index is 0.0746. The van der Waals surface area contributed by atoms with Crippen LogP contribution in [0.25, 0.3) is 11.0 Å². The number of imidazole rings is 1. The van der Waals surface area contributed by atoms with Crippen LogP contribution in [0.4, 0.5) is 22.0 Å². The second-order valence-electron chi connectivity index (χ2n) is 7.83. The van der Waals surface area contributed by atoms with Gasteiger partial charge >= 0.3 is 6.18 Å². The summed E-state index contributed by atoms with van der Waals surface area (Å²) in [5, 5.41) is 12.7. The maximum absolute atomic E-state index is 13.7. The van der Waals surface area contributed by atoms with Gasteiger partial charge in [0.2, 0.25) is 5.91 Å². The van der Waals surface area contributed by atoms with E-state index in [0.29, 0.717) is 0 Å². The molecule has 0 radical (unpaired) electrons. The minimum Gasteiger partial charge on any atom is -0.491 e. The number of nitrogens with zero attached hydrogens (tertiary/aromatic N) is 2. The van der Waals surface area contributed by atoms with Gasteiger partial charge in [-0.3, -0.25) is 4.79 Å². The van der Waals surface area contributed by atoms with E-state index in [-0.39, 0.29) is 35.9 Å². The molecule has 0 aliphatic heterocycles. The van der Waals surface area contributed by atoms with Crippen LogP contribution in [0.5, 0.6) is 5.75 Å². The van der Waals surface area contributed by atoms with Crippen LogP contribution in [-0.2, 0) is 11.0 Å². The van der Waals surface area contributed by atoms with Gasteiger partial charge in [0.05, 0.1) is 22.9 Å². The second kappa shape index (κ2) is 9.74. The molecule has 0 bridgehead atoms. The fourth-order valence-corrected chi connectivity index (χ4v) is 3.33. The smallest absolute Gasteiger partial charge is 0.416 e. The van der Waals surface area contributed by atoms with Crippen LogP contribution in [0.15, 0.2) is 42.7 Å². The van der Waals surface area contributed by atoms with Crippen molar-refractivity contribution in [3.8, 4) is 5.75 Å². The summed E-state index contributed by atoms with van der Waals surface area (Å²) in [6.45, 7) is 2.91. The fourth-order valence-electron chi connectivity index (χ4n) is 3.33. The van der Waals surface area contributed by atoms with Crippen LogP contribution in [0, 0.1) is 17.6 Å². The SMILES string of the molecule is CC(C)C(C(=O)NCC(O)COc1cccc(C(F)(F)F)c1)n1cnc2cc(F)c(F)cc21. The van der Waals surface area contributed by atoms with E-state index < -0.39 is 41.4 Å². The first-order valence-corrected chi connectivity index (χ1v) is 10.0. The lowest BCUT2D eigenvalue weighted by molar-refractivity contribution is -0.137. The lowest BCUT2D eigenvalue weighted by Crippen LogP contribution is -2.40. The molecule has 0 fully saturated rings. The van der Waals surface area contributed by atoms with Crippen molar-refractivity contribution < 1.29 is 36.6 Å². The molecule has 33 heavy (non-hydrogen) atoms. The Labute approximate surface area is 186 Å². The van der Waals surface area contributed by atoms with Crippen LogP contribution in [0.2, 0.25) is 0 Å². The lowest BCUT2D eigenvalue weighted by atomic mass is 10.0. The molecule has 2 unspecified atom stereocenters. The van der Waals surface area contributed by atoms with Crippen molar-refractivity contribution in [2.24, 2.45) is 5.92 Å². The molecule has 6 nitrogen and oxygen atoms in total. The van der Waals surface area contributed by atoms with Crippen molar-refractivity contribution >= 4 is 16.9 Å². The Morgan fingerprint density at radius 3 is 2.55 bits per heavy atom. The zero-order valence-electron chi connectivity index (χ0n) is 17.7. The van der Waals surface area contributed by atoms with Gasteiger partial charge in [-0.25, -0.2) is 13.8 Å². The standard InChI is InChI=1S/C22H22F5N3O3/c1-12(2)20(30-11-29-18-7-16(23)17(24)8-19(18)30)21(32)28-9-14(31)10-33-15-5-3-4-13(6-15)22(25,26)27/h3-8,11-12,14,20,31H,9-10H2,1-2H3,(H,28,32). The van der Waals surface area contributed by atoms with Crippen molar-refractivity contribution in [2.75, 3.05) is 13.2 Å². The van der Waals surface area contributed by atoms with Crippen molar-refractivity contribution in [2.45, 2.75) is 32.2 Å². The molecule has 0 saturated heterocycles. The van der Waals surface area contributed by atoms with Crippen molar-refractivity contribution in [1.82, 2.24) is 14.9 Å². The first kappa shape index (κ1) is 24.4. The maximum atomic E-state index is 13.7. The van der Waals surface area contributed by atoms with Gasteiger partial charge in [-0.2, -0.15) is 13.2 Å². The van der Waals surface area contributed by atoms with Gasteiger partial charge in [-0.15, -0.1) is 0 Å². The molecule has 3 rings (SSSR count). The summed E-state index contributed by atoms with van der Waals surface area (Å²) in [5.41, 5.74) is -0.468. The highest BCUT2D eigenvalue weighted by Gasteiger charge is 2.31. The third kappa shape index (κ3) is 5.78. The summed E-state index contributed by atoms with van der Waals surface area (Å²) in [7, 11) is 0. The molecule has 0 aliphatic carbocycles. The number of halogens is 5. The van der Waals surface area contributed by atoms with Crippen LogP contribution >= 0.6 is 0 Å². The number of benzene rings is 2. The normalized spacial score (nSPS) is 13.8. The number of carbonyl (C=O) groups is 1. The molecule has 1 amide bonds. The van der Waals surface area contributed by atoms with Gasteiger partial charge in [-0.1, -0.05) is 19.9 Å². The predicted molar refractivity (Wildman–Crippen MR) is 109 cm³/mol. The minimum atomic E-state index is -4.52. The van der Waals surface area contributed by atoms with Crippen LogP contribution in [-0.4, -0.2) is 39.8 Å². The van der Waals surface area contributed by atoms with Gasteiger partial charge < -0.3 is 19.7 Å². The van der Waals surface area contributed by atoms with Crippen molar-refractivity contribution in [3.63, 3.8) is 0 Å². The number of rotatable bonds is 8. The van der Waals surface area contributed by atoms with Crippen LogP contribution < -0.4 is 10.1 Å². The first-order valence-electron chi connectivity index (χ1n) is 10.0. The molecule has 2 atom stereocenters.